The van der Waals surface area contributed by atoms with E-state index in [0.717, 1.165) is 9.87 Å². The molecule has 0 atom stereocenters. The number of rotatable bonds is 2. The van der Waals surface area contributed by atoms with E-state index in [4.69, 9.17) is 0 Å². The maximum Gasteiger partial charge on any atom is 0.247 e. The topological polar surface area (TPSA) is 54.5 Å². The number of anilines is 1. The summed E-state index contributed by atoms with van der Waals surface area (Å²) in [5.74, 6) is -0.472. The van der Waals surface area contributed by atoms with Gasteiger partial charge in [0.15, 0.2) is 0 Å². The average Bonchev–Trinajstić information content (AvgIpc) is 2.43. The number of hydrogen-bond donors (Lipinski definition) is 0. The van der Waals surface area contributed by atoms with Crippen LogP contribution in [-0.4, -0.2) is 20.1 Å². The van der Waals surface area contributed by atoms with Crippen LogP contribution in [0.2, 0.25) is 0 Å². The molecule has 1 aliphatic rings. The van der Waals surface area contributed by atoms with Crippen LogP contribution < -0.4 is 4.31 Å². The van der Waals surface area contributed by atoms with Gasteiger partial charge in [-0.3, -0.25) is 4.79 Å². The fourth-order valence-corrected chi connectivity index (χ4v) is 4.39. The first-order valence-corrected chi connectivity index (χ1v) is 7.56. The second-order valence-electron chi connectivity index (χ2n) is 5.19. The van der Waals surface area contributed by atoms with E-state index in [1.165, 1.54) is 0 Å². The maximum atomic E-state index is 12.3. The second-order valence-corrected chi connectivity index (χ2v) is 7.01. The van der Waals surface area contributed by atoms with Crippen molar-refractivity contribution in [2.24, 2.45) is 5.41 Å². The Morgan fingerprint density at radius 3 is 2.39 bits per heavy atom. The first-order chi connectivity index (χ1) is 8.29. The summed E-state index contributed by atoms with van der Waals surface area (Å²) >= 11 is 0. The molecule has 0 aromatic heterocycles. The summed E-state index contributed by atoms with van der Waals surface area (Å²) in [6, 6.07) is 7.14. The Bertz CT molecular complexity index is 590. The maximum absolute atomic E-state index is 12.3. The molecule has 0 saturated carbocycles. The fourth-order valence-electron chi connectivity index (χ4n) is 2.25. The Labute approximate surface area is 108 Å². The molecule has 0 spiro atoms. The molecule has 0 aliphatic carbocycles. The Kier molecular flexibility index (Phi) is 2.97. The zero-order valence-electron chi connectivity index (χ0n) is 10.8. The predicted molar refractivity (Wildman–Crippen MR) is 70.9 cm³/mol. The molecule has 98 valence electrons. The monoisotopic (exact) mass is 267 g/mol. The van der Waals surface area contributed by atoms with Crippen LogP contribution in [0.15, 0.2) is 24.3 Å². The van der Waals surface area contributed by atoms with Gasteiger partial charge in [0.05, 0.1) is 16.9 Å². The highest BCUT2D eigenvalue weighted by Crippen LogP contribution is 2.37. The smallest absolute Gasteiger partial charge is 0.247 e. The molecule has 1 heterocycles. The van der Waals surface area contributed by atoms with E-state index in [2.05, 4.69) is 0 Å². The molecule has 4 nitrogen and oxygen atoms in total. The summed E-state index contributed by atoms with van der Waals surface area (Å²) in [5.41, 5.74) is 0.516. The molecular formula is C13H17NO3S. The fraction of sp³-hybridized carbons (Fsp3) is 0.462. The van der Waals surface area contributed by atoms with Crippen molar-refractivity contribution in [1.82, 2.24) is 0 Å². The minimum Gasteiger partial charge on any atom is -0.273 e. The lowest BCUT2D eigenvalue weighted by atomic mass is 9.95. The van der Waals surface area contributed by atoms with Crippen LogP contribution in [0.25, 0.3) is 0 Å². The zero-order valence-corrected chi connectivity index (χ0v) is 11.6. The van der Waals surface area contributed by atoms with Crippen LogP contribution in [0.3, 0.4) is 0 Å². The number of carbonyl (C=O) groups excluding carboxylic acids is 1. The first kappa shape index (κ1) is 13.1. The van der Waals surface area contributed by atoms with Gasteiger partial charge in [0.2, 0.25) is 15.9 Å². The van der Waals surface area contributed by atoms with E-state index in [-0.39, 0.29) is 11.7 Å². The number of amides is 1. The van der Waals surface area contributed by atoms with Crippen molar-refractivity contribution in [3.8, 4) is 0 Å². The highest BCUT2D eigenvalue weighted by Gasteiger charge is 2.50. The molecule has 1 amide bonds. The molecular weight excluding hydrogens is 250 g/mol. The Morgan fingerprint density at radius 2 is 1.89 bits per heavy atom. The zero-order chi connectivity index (χ0) is 13.6. The van der Waals surface area contributed by atoms with Gasteiger partial charge in [-0.05, 0) is 31.9 Å². The first-order valence-electron chi connectivity index (χ1n) is 5.95. The van der Waals surface area contributed by atoms with E-state index in [0.29, 0.717) is 12.1 Å². The third kappa shape index (κ3) is 1.92. The van der Waals surface area contributed by atoms with Gasteiger partial charge in [-0.1, -0.05) is 25.1 Å². The van der Waals surface area contributed by atoms with Crippen molar-refractivity contribution in [2.45, 2.75) is 27.2 Å². The van der Waals surface area contributed by atoms with Crippen LogP contribution in [0, 0.1) is 5.41 Å². The molecule has 0 unspecified atom stereocenters. The number of benzene rings is 1. The molecule has 1 aromatic rings. The number of sulfonamides is 1. The quantitative estimate of drug-likeness (QED) is 0.823. The minimum atomic E-state index is -3.55. The summed E-state index contributed by atoms with van der Waals surface area (Å²) in [6.07, 6.45) is 0.690. The van der Waals surface area contributed by atoms with Crippen LogP contribution >= 0.6 is 0 Å². The Balaban J connectivity index is 2.60. The third-order valence-electron chi connectivity index (χ3n) is 3.18. The van der Waals surface area contributed by atoms with E-state index in [1.54, 1.807) is 26.0 Å². The predicted octanol–water partition coefficient (Wildman–Crippen LogP) is 1.95. The lowest BCUT2D eigenvalue weighted by Crippen LogP contribution is -2.33. The van der Waals surface area contributed by atoms with Crippen LogP contribution in [0.1, 0.15) is 26.3 Å². The van der Waals surface area contributed by atoms with Crippen LogP contribution in [0.5, 0.6) is 0 Å². The van der Waals surface area contributed by atoms with Crippen LogP contribution in [0.4, 0.5) is 5.69 Å². The highest BCUT2D eigenvalue weighted by molar-refractivity contribution is 7.94. The molecule has 0 radical (unpaired) electrons. The normalized spacial score (nSPS) is 21.3. The summed E-state index contributed by atoms with van der Waals surface area (Å²) in [4.78, 5) is 12.3. The van der Waals surface area contributed by atoms with E-state index in [1.807, 2.05) is 19.1 Å². The molecule has 1 aromatic carbocycles. The van der Waals surface area contributed by atoms with Gasteiger partial charge in [-0.15, -0.1) is 0 Å². The molecule has 1 fully saturated rings. The van der Waals surface area contributed by atoms with Crippen molar-refractivity contribution in [3.05, 3.63) is 29.8 Å². The number of aryl methyl sites for hydroxylation is 1. The van der Waals surface area contributed by atoms with Crippen LogP contribution in [-0.2, 0) is 21.2 Å². The summed E-state index contributed by atoms with van der Waals surface area (Å²) in [5, 5.41) is 0. The van der Waals surface area contributed by atoms with Gasteiger partial charge < -0.3 is 0 Å². The van der Waals surface area contributed by atoms with Gasteiger partial charge in [-0.2, -0.15) is 0 Å². The van der Waals surface area contributed by atoms with Crippen molar-refractivity contribution in [2.75, 3.05) is 10.1 Å². The molecule has 18 heavy (non-hydrogen) atoms. The van der Waals surface area contributed by atoms with Gasteiger partial charge in [-0.25, -0.2) is 12.7 Å². The Hall–Kier alpha value is -1.36. The number of para-hydroxylation sites is 1. The van der Waals surface area contributed by atoms with Crippen molar-refractivity contribution in [3.63, 3.8) is 0 Å². The Morgan fingerprint density at radius 1 is 1.28 bits per heavy atom. The van der Waals surface area contributed by atoms with Crippen molar-refractivity contribution in [1.29, 1.82) is 0 Å². The molecule has 1 saturated heterocycles. The van der Waals surface area contributed by atoms with E-state index < -0.39 is 15.4 Å². The van der Waals surface area contributed by atoms with Gasteiger partial charge in [0.1, 0.15) is 0 Å². The van der Waals surface area contributed by atoms with Gasteiger partial charge in [0, 0.05) is 0 Å². The third-order valence-corrected chi connectivity index (χ3v) is 5.18. The SMILES string of the molecule is CCc1ccccc1N1C(=O)C(C)(C)CS1(=O)=O. The standard InChI is InChI=1S/C13H17NO3S/c1-4-10-7-5-6-8-11(10)14-12(15)13(2,3)9-18(14,16)17/h5-8H,4,9H2,1-3H3. The van der Waals surface area contributed by atoms with Gasteiger partial charge in [0.25, 0.3) is 0 Å². The van der Waals surface area contributed by atoms with E-state index >= 15 is 0 Å². The summed E-state index contributed by atoms with van der Waals surface area (Å²) < 4.78 is 25.3. The van der Waals surface area contributed by atoms with Crippen molar-refractivity contribution < 1.29 is 13.2 Å². The lowest BCUT2D eigenvalue weighted by Gasteiger charge is -2.19. The number of hydrogen-bond acceptors (Lipinski definition) is 3. The number of carbonyl (C=O) groups is 1. The van der Waals surface area contributed by atoms with Gasteiger partial charge >= 0.3 is 0 Å². The molecule has 1 aliphatic heterocycles. The molecule has 0 bridgehead atoms. The minimum absolute atomic E-state index is 0.128. The second kappa shape index (κ2) is 4.09. The highest BCUT2D eigenvalue weighted by atomic mass is 32.2. The van der Waals surface area contributed by atoms with E-state index in [9.17, 15) is 13.2 Å². The van der Waals surface area contributed by atoms with Crippen molar-refractivity contribution >= 4 is 21.6 Å². The molecule has 0 N–H and O–H groups in total. The summed E-state index contributed by atoms with van der Waals surface area (Å²) in [7, 11) is -3.55. The summed E-state index contributed by atoms with van der Waals surface area (Å²) in [6.45, 7) is 5.28. The molecule has 2 rings (SSSR count). The molecule has 5 heteroatoms. The average molecular weight is 267 g/mol. The number of nitrogens with zero attached hydrogens (tertiary/aromatic N) is 1. The largest absolute Gasteiger partial charge is 0.273 e. The lowest BCUT2D eigenvalue weighted by molar-refractivity contribution is -0.123.